The summed E-state index contributed by atoms with van der Waals surface area (Å²) in [5.41, 5.74) is 5.55. The Morgan fingerprint density at radius 3 is 2.79 bits per heavy atom. The maximum absolute atomic E-state index is 13.3. The molecule has 8 heteroatoms. The Hall–Kier alpha value is -1.25. The van der Waals surface area contributed by atoms with Gasteiger partial charge in [-0.2, -0.15) is 0 Å². The number of thiocarbonyl (C=S) groups is 1. The Bertz CT molecular complexity index is 561. The second-order valence-electron chi connectivity index (χ2n) is 3.68. The Morgan fingerprint density at radius 1 is 1.53 bits per heavy atom. The van der Waals surface area contributed by atoms with Crippen LogP contribution in [0.25, 0.3) is 0 Å². The van der Waals surface area contributed by atoms with Crippen LogP contribution in [0.15, 0.2) is 18.2 Å². The van der Waals surface area contributed by atoms with Crippen molar-refractivity contribution in [2.75, 3.05) is 23.7 Å². The smallest absolute Gasteiger partial charge is 0.234 e. The second kappa shape index (κ2) is 6.78. The lowest BCUT2D eigenvalue weighted by Gasteiger charge is -2.09. The quantitative estimate of drug-likeness (QED) is 0.585. The van der Waals surface area contributed by atoms with Gasteiger partial charge in [-0.15, -0.1) is 0 Å². The Labute approximate surface area is 117 Å². The van der Waals surface area contributed by atoms with E-state index in [0.717, 1.165) is 6.07 Å². The average molecular weight is 306 g/mol. The predicted octanol–water partition coefficient (Wildman–Crippen LogP) is 1.24. The highest BCUT2D eigenvalue weighted by Gasteiger charge is 2.12. The molecule has 0 fully saturated rings. The molecule has 0 aromatic heterocycles. The van der Waals surface area contributed by atoms with Gasteiger partial charge in [0.25, 0.3) is 0 Å². The van der Waals surface area contributed by atoms with E-state index >= 15 is 0 Å². The highest BCUT2D eigenvalue weighted by Crippen LogP contribution is 2.16. The Balaban J connectivity index is 2.82. The first-order valence-corrected chi connectivity index (χ1v) is 7.59. The number of hydrogen-bond donors (Lipinski definition) is 2. The van der Waals surface area contributed by atoms with Gasteiger partial charge in [0.05, 0.1) is 12.4 Å². The van der Waals surface area contributed by atoms with Gasteiger partial charge in [-0.3, -0.25) is 4.72 Å². The number of halogens is 1. The van der Waals surface area contributed by atoms with Crippen LogP contribution in [-0.4, -0.2) is 32.4 Å². The lowest BCUT2D eigenvalue weighted by Crippen LogP contribution is -2.21. The van der Waals surface area contributed by atoms with Gasteiger partial charge < -0.3 is 10.5 Å². The molecule has 0 unspecified atom stereocenters. The summed E-state index contributed by atoms with van der Waals surface area (Å²) in [7, 11) is -3.54. The molecule has 0 saturated carbocycles. The molecule has 0 aliphatic rings. The van der Waals surface area contributed by atoms with Gasteiger partial charge in [0.1, 0.15) is 10.8 Å². The monoisotopic (exact) mass is 306 g/mol. The predicted molar refractivity (Wildman–Crippen MR) is 76.2 cm³/mol. The van der Waals surface area contributed by atoms with Gasteiger partial charge in [-0.25, -0.2) is 12.8 Å². The molecule has 0 saturated heterocycles. The van der Waals surface area contributed by atoms with Crippen molar-refractivity contribution in [3.05, 3.63) is 29.6 Å². The molecule has 0 amide bonds. The van der Waals surface area contributed by atoms with Crippen LogP contribution in [0.2, 0.25) is 0 Å². The molecule has 1 aromatic carbocycles. The molecule has 1 aromatic rings. The van der Waals surface area contributed by atoms with E-state index in [0.29, 0.717) is 6.61 Å². The summed E-state index contributed by atoms with van der Waals surface area (Å²) >= 11 is 4.68. The van der Waals surface area contributed by atoms with Crippen molar-refractivity contribution in [2.45, 2.75) is 6.92 Å². The molecule has 0 radical (unpaired) electrons. The molecular formula is C11H15FN2O3S2. The van der Waals surface area contributed by atoms with Gasteiger partial charge in [-0.05, 0) is 25.1 Å². The van der Waals surface area contributed by atoms with Crippen LogP contribution < -0.4 is 10.5 Å². The zero-order chi connectivity index (χ0) is 14.5. The first-order chi connectivity index (χ1) is 8.85. The molecule has 19 heavy (non-hydrogen) atoms. The molecule has 5 nitrogen and oxygen atoms in total. The minimum Gasteiger partial charge on any atom is -0.389 e. The molecular weight excluding hydrogens is 291 g/mol. The first-order valence-electron chi connectivity index (χ1n) is 5.53. The highest BCUT2D eigenvalue weighted by atomic mass is 32.2. The summed E-state index contributed by atoms with van der Waals surface area (Å²) < 4.78 is 44.0. The molecule has 1 rings (SSSR count). The van der Waals surface area contributed by atoms with Crippen molar-refractivity contribution >= 4 is 32.9 Å². The maximum atomic E-state index is 13.3. The highest BCUT2D eigenvalue weighted by molar-refractivity contribution is 7.92. The van der Waals surface area contributed by atoms with Crippen molar-refractivity contribution in [2.24, 2.45) is 5.73 Å². The summed E-state index contributed by atoms with van der Waals surface area (Å²) in [5.74, 6) is -0.773. The zero-order valence-corrected chi connectivity index (χ0v) is 12.0. The van der Waals surface area contributed by atoms with E-state index in [1.807, 2.05) is 0 Å². The molecule has 0 spiro atoms. The normalized spacial score (nSPS) is 11.3. The maximum Gasteiger partial charge on any atom is 0.234 e. The summed E-state index contributed by atoms with van der Waals surface area (Å²) in [5, 5.41) is 0. The third kappa shape index (κ3) is 5.09. The zero-order valence-electron chi connectivity index (χ0n) is 10.3. The van der Waals surface area contributed by atoms with Crippen LogP contribution in [0.1, 0.15) is 12.5 Å². The van der Waals surface area contributed by atoms with Crippen LogP contribution >= 0.6 is 12.2 Å². The molecule has 0 bridgehead atoms. The number of hydrogen-bond acceptors (Lipinski definition) is 4. The summed E-state index contributed by atoms with van der Waals surface area (Å²) in [6, 6.07) is 3.67. The van der Waals surface area contributed by atoms with E-state index in [1.54, 1.807) is 6.92 Å². The molecule has 0 aliphatic heterocycles. The molecule has 3 N–H and O–H groups in total. The van der Waals surface area contributed by atoms with Crippen LogP contribution in [-0.2, 0) is 14.8 Å². The van der Waals surface area contributed by atoms with E-state index in [1.165, 1.54) is 12.1 Å². The van der Waals surface area contributed by atoms with Gasteiger partial charge in [0.2, 0.25) is 10.0 Å². The third-order valence-corrected chi connectivity index (χ3v) is 3.68. The van der Waals surface area contributed by atoms with Gasteiger partial charge >= 0.3 is 0 Å². The molecule has 106 valence electrons. The Morgan fingerprint density at radius 2 is 2.21 bits per heavy atom. The minimum absolute atomic E-state index is 0.00000758. The lowest BCUT2D eigenvalue weighted by atomic mass is 10.2. The SMILES string of the molecule is CCOCCS(=O)(=O)Nc1ccc(F)c(C(N)=S)c1. The summed E-state index contributed by atoms with van der Waals surface area (Å²) in [6.07, 6.45) is 0. The fourth-order valence-electron chi connectivity index (χ4n) is 1.32. The van der Waals surface area contributed by atoms with Crippen molar-refractivity contribution in [3.8, 4) is 0 Å². The number of anilines is 1. The number of sulfonamides is 1. The largest absolute Gasteiger partial charge is 0.389 e. The standard InChI is InChI=1S/C11H15FN2O3S2/c1-2-17-5-6-19(15,16)14-8-3-4-10(12)9(7-8)11(13)18/h3-4,7,14H,2,5-6H2,1H3,(H2,13,18). The van der Waals surface area contributed by atoms with Crippen molar-refractivity contribution < 1.29 is 17.5 Å². The van der Waals surface area contributed by atoms with Crippen molar-refractivity contribution in [1.82, 2.24) is 0 Å². The number of benzene rings is 1. The molecule has 0 heterocycles. The summed E-state index contributed by atoms with van der Waals surface area (Å²) in [6.45, 7) is 2.31. The average Bonchev–Trinajstić information content (AvgIpc) is 2.31. The number of ether oxygens (including phenoxy) is 1. The van der Waals surface area contributed by atoms with Crippen molar-refractivity contribution in [3.63, 3.8) is 0 Å². The van der Waals surface area contributed by atoms with Crippen LogP contribution in [0.3, 0.4) is 0 Å². The van der Waals surface area contributed by atoms with E-state index in [9.17, 15) is 12.8 Å². The van der Waals surface area contributed by atoms with Crippen LogP contribution in [0, 0.1) is 5.82 Å². The van der Waals surface area contributed by atoms with E-state index in [-0.39, 0.29) is 28.6 Å². The van der Waals surface area contributed by atoms with Crippen molar-refractivity contribution in [1.29, 1.82) is 0 Å². The Kier molecular flexibility index (Phi) is 5.64. The first kappa shape index (κ1) is 15.8. The van der Waals surface area contributed by atoms with Gasteiger partial charge in [0, 0.05) is 17.9 Å². The molecule has 0 aliphatic carbocycles. The van der Waals surface area contributed by atoms with Gasteiger partial charge in [-0.1, -0.05) is 12.2 Å². The summed E-state index contributed by atoms with van der Waals surface area (Å²) in [4.78, 5) is -0.132. The third-order valence-electron chi connectivity index (χ3n) is 2.21. The fraction of sp³-hybridized carbons (Fsp3) is 0.364. The van der Waals surface area contributed by atoms with Gasteiger partial charge in [0.15, 0.2) is 0 Å². The van der Waals surface area contributed by atoms with E-state index in [4.69, 9.17) is 10.5 Å². The van der Waals surface area contributed by atoms with E-state index in [2.05, 4.69) is 16.9 Å². The molecule has 0 atom stereocenters. The number of nitrogens with two attached hydrogens (primary N) is 1. The minimum atomic E-state index is -3.54. The second-order valence-corrected chi connectivity index (χ2v) is 5.96. The topological polar surface area (TPSA) is 81.4 Å². The van der Waals surface area contributed by atoms with Crippen LogP contribution in [0.4, 0.5) is 10.1 Å². The van der Waals surface area contributed by atoms with E-state index < -0.39 is 15.8 Å². The number of rotatable bonds is 7. The lowest BCUT2D eigenvalue weighted by molar-refractivity contribution is 0.163. The fourth-order valence-corrected chi connectivity index (χ4v) is 2.40. The van der Waals surface area contributed by atoms with Crippen LogP contribution in [0.5, 0.6) is 0 Å². The number of nitrogens with one attached hydrogen (secondary N) is 1.